The van der Waals surface area contributed by atoms with Crippen molar-refractivity contribution in [2.45, 2.75) is 110 Å². The Bertz CT molecular complexity index is 918. The molecule has 0 saturated heterocycles. The highest BCUT2D eigenvalue weighted by atomic mass is 16.4. The summed E-state index contributed by atoms with van der Waals surface area (Å²) in [4.78, 5) is 75.5. The number of amides is 4. The van der Waals surface area contributed by atoms with E-state index in [1.54, 1.807) is 6.92 Å². The maximum Gasteiger partial charge on any atom is 0.307 e. The van der Waals surface area contributed by atoms with Crippen molar-refractivity contribution in [3.05, 3.63) is 0 Å². The Morgan fingerprint density at radius 2 is 1.32 bits per heavy atom. The molecule has 40 heavy (non-hydrogen) atoms. The van der Waals surface area contributed by atoms with Crippen molar-refractivity contribution in [3.63, 3.8) is 0 Å². The van der Waals surface area contributed by atoms with Gasteiger partial charge in [-0.25, -0.2) is 0 Å². The second-order valence-corrected chi connectivity index (χ2v) is 11.5. The molecular weight excluding hydrogens is 520 g/mol. The summed E-state index contributed by atoms with van der Waals surface area (Å²) in [5.74, 6) is -6.17. The largest absolute Gasteiger partial charge is 0.481 e. The highest BCUT2D eigenvalue weighted by molar-refractivity contribution is 5.96. The molecule has 0 aliphatic heterocycles. The van der Waals surface area contributed by atoms with Crippen molar-refractivity contribution in [2.75, 3.05) is 6.54 Å². The molecule has 2 aliphatic rings. The number of hydrogen-bond acceptors (Lipinski definition) is 6. The van der Waals surface area contributed by atoms with E-state index in [0.717, 1.165) is 32.1 Å². The van der Waals surface area contributed by atoms with Crippen molar-refractivity contribution >= 4 is 35.6 Å². The molecule has 2 aliphatic carbocycles. The van der Waals surface area contributed by atoms with Crippen LogP contribution in [0.3, 0.4) is 0 Å². The summed E-state index contributed by atoms with van der Waals surface area (Å²) < 4.78 is 0. The Labute approximate surface area is 235 Å². The first kappa shape index (κ1) is 33.0. The number of nitrogens with one attached hydrogen (secondary N) is 4. The quantitative estimate of drug-likeness (QED) is 0.172. The summed E-state index contributed by atoms with van der Waals surface area (Å²) in [5, 5.41) is 29.4. The van der Waals surface area contributed by atoms with E-state index in [4.69, 9.17) is 0 Å². The molecule has 0 bridgehead atoms. The van der Waals surface area contributed by atoms with Crippen LogP contribution in [0.5, 0.6) is 0 Å². The van der Waals surface area contributed by atoms with Gasteiger partial charge in [-0.2, -0.15) is 0 Å². The first-order chi connectivity index (χ1) is 18.9. The lowest BCUT2D eigenvalue weighted by Crippen LogP contribution is -2.58. The first-order valence-electron chi connectivity index (χ1n) is 14.6. The second-order valence-electron chi connectivity index (χ2n) is 11.5. The highest BCUT2D eigenvalue weighted by Crippen LogP contribution is 2.33. The maximum absolute atomic E-state index is 13.5. The van der Waals surface area contributed by atoms with Gasteiger partial charge in [-0.1, -0.05) is 52.4 Å². The Kier molecular flexibility index (Phi) is 13.4. The normalized spacial score (nSPS) is 21.6. The van der Waals surface area contributed by atoms with Crippen molar-refractivity contribution in [1.29, 1.82) is 0 Å². The lowest BCUT2D eigenvalue weighted by atomic mass is 9.84. The molecule has 0 aromatic carbocycles. The molecule has 2 saturated carbocycles. The Morgan fingerprint density at radius 3 is 1.90 bits per heavy atom. The van der Waals surface area contributed by atoms with Crippen LogP contribution in [-0.2, 0) is 28.8 Å². The Hall–Kier alpha value is -3.18. The van der Waals surface area contributed by atoms with E-state index in [2.05, 4.69) is 21.3 Å². The summed E-state index contributed by atoms with van der Waals surface area (Å²) in [7, 11) is 0. The molecule has 0 spiro atoms. The number of rotatable bonds is 15. The second kappa shape index (κ2) is 16.2. The van der Waals surface area contributed by atoms with Gasteiger partial charge in [0.05, 0.1) is 18.3 Å². The summed E-state index contributed by atoms with van der Waals surface area (Å²) in [6.45, 7) is 5.86. The molecule has 0 aromatic heterocycles. The third kappa shape index (κ3) is 10.4. The van der Waals surface area contributed by atoms with Gasteiger partial charge in [-0.05, 0) is 44.4 Å². The van der Waals surface area contributed by atoms with Crippen LogP contribution in [0.15, 0.2) is 0 Å². The molecular formula is C28H46N4O8. The van der Waals surface area contributed by atoms with Crippen LogP contribution in [-0.4, -0.2) is 70.5 Å². The number of aliphatic carboxylic acids is 2. The zero-order chi connectivity index (χ0) is 29.8. The smallest absolute Gasteiger partial charge is 0.307 e. The zero-order valence-electron chi connectivity index (χ0n) is 23.9. The van der Waals surface area contributed by atoms with Crippen LogP contribution in [0, 0.1) is 23.7 Å². The van der Waals surface area contributed by atoms with Gasteiger partial charge in [0.25, 0.3) is 0 Å². The highest BCUT2D eigenvalue weighted by Gasteiger charge is 2.40. The predicted octanol–water partition coefficient (Wildman–Crippen LogP) is 1.57. The van der Waals surface area contributed by atoms with E-state index < -0.39 is 71.9 Å². The maximum atomic E-state index is 13.5. The van der Waals surface area contributed by atoms with E-state index in [9.17, 15) is 39.0 Å². The number of carboxylic acids is 2. The lowest BCUT2D eigenvalue weighted by Gasteiger charge is -2.29. The molecule has 0 unspecified atom stereocenters. The van der Waals surface area contributed by atoms with Crippen LogP contribution in [0.1, 0.15) is 91.4 Å². The number of carbonyl (C=O) groups excluding carboxylic acids is 4. The van der Waals surface area contributed by atoms with E-state index in [-0.39, 0.29) is 11.8 Å². The SMILES string of the molecule is CCNC(=O)[C@H](CC(C)C)NC(=O)[C@H](CC(=O)O)NC(=O)[C@H](CC1CCCCC1)NC(=O)[C@@H]1CCC[C@H]1C(=O)O. The monoisotopic (exact) mass is 566 g/mol. The molecule has 0 aromatic rings. The fourth-order valence-corrected chi connectivity index (χ4v) is 5.76. The predicted molar refractivity (Wildman–Crippen MR) is 146 cm³/mol. The van der Waals surface area contributed by atoms with Crippen LogP contribution in [0.2, 0.25) is 0 Å². The van der Waals surface area contributed by atoms with Gasteiger partial charge in [0.2, 0.25) is 23.6 Å². The number of likely N-dealkylation sites (N-methyl/N-ethyl adjacent to an activating group) is 1. The third-order valence-corrected chi connectivity index (χ3v) is 7.80. The Balaban J connectivity index is 2.21. The third-order valence-electron chi connectivity index (χ3n) is 7.80. The van der Waals surface area contributed by atoms with Crippen LogP contribution in [0.25, 0.3) is 0 Å². The molecule has 2 rings (SSSR count). The molecule has 226 valence electrons. The summed E-state index contributed by atoms with van der Waals surface area (Å²) in [6.07, 6.45) is 6.14. The molecule has 2 fully saturated rings. The van der Waals surface area contributed by atoms with E-state index in [1.807, 2.05) is 13.8 Å². The van der Waals surface area contributed by atoms with Gasteiger partial charge in [0.1, 0.15) is 18.1 Å². The van der Waals surface area contributed by atoms with E-state index in [0.29, 0.717) is 38.6 Å². The first-order valence-corrected chi connectivity index (χ1v) is 14.6. The number of carboxylic acid groups (broad SMARTS) is 2. The average Bonchev–Trinajstić information content (AvgIpc) is 3.38. The number of carbonyl (C=O) groups is 6. The fraction of sp³-hybridized carbons (Fsp3) is 0.786. The minimum atomic E-state index is -1.47. The van der Waals surface area contributed by atoms with Gasteiger partial charge in [-0.3, -0.25) is 28.8 Å². The van der Waals surface area contributed by atoms with Crippen molar-refractivity contribution in [3.8, 4) is 0 Å². The molecule has 12 heteroatoms. The van der Waals surface area contributed by atoms with E-state index in [1.165, 1.54) is 0 Å². The summed E-state index contributed by atoms with van der Waals surface area (Å²) in [6, 6.07) is -3.43. The minimum absolute atomic E-state index is 0.0562. The molecule has 6 N–H and O–H groups in total. The van der Waals surface area contributed by atoms with Gasteiger partial charge >= 0.3 is 11.9 Å². The standard InChI is InChI=1S/C28H46N4O8/c1-4-29-25(36)20(13-16(2)3)31-27(38)22(15-23(33)34)32-26(37)21(14-17-9-6-5-7-10-17)30-24(35)18-11-8-12-19(18)28(39)40/h16-22H,4-15H2,1-3H3,(H,29,36)(H,30,35)(H,31,38)(H,32,37)(H,33,34)(H,39,40)/t18-,19-,20+,21+,22+/m1/s1. The molecule has 4 amide bonds. The number of hydrogen-bond donors (Lipinski definition) is 6. The zero-order valence-corrected chi connectivity index (χ0v) is 23.9. The Morgan fingerprint density at radius 1 is 0.725 bits per heavy atom. The van der Waals surface area contributed by atoms with Gasteiger partial charge in [0, 0.05) is 6.54 Å². The molecule has 0 heterocycles. The van der Waals surface area contributed by atoms with Crippen molar-refractivity contribution in [1.82, 2.24) is 21.3 Å². The average molecular weight is 567 g/mol. The lowest BCUT2D eigenvalue weighted by molar-refractivity contribution is -0.146. The van der Waals surface area contributed by atoms with Gasteiger partial charge < -0.3 is 31.5 Å². The molecule has 12 nitrogen and oxygen atoms in total. The minimum Gasteiger partial charge on any atom is -0.481 e. The summed E-state index contributed by atoms with van der Waals surface area (Å²) >= 11 is 0. The molecule has 0 radical (unpaired) electrons. The summed E-state index contributed by atoms with van der Waals surface area (Å²) in [5.41, 5.74) is 0. The van der Waals surface area contributed by atoms with Crippen LogP contribution >= 0.6 is 0 Å². The van der Waals surface area contributed by atoms with Crippen LogP contribution < -0.4 is 21.3 Å². The van der Waals surface area contributed by atoms with Crippen molar-refractivity contribution < 1.29 is 39.0 Å². The van der Waals surface area contributed by atoms with Crippen LogP contribution in [0.4, 0.5) is 0 Å². The van der Waals surface area contributed by atoms with Gasteiger partial charge in [0.15, 0.2) is 0 Å². The van der Waals surface area contributed by atoms with Crippen molar-refractivity contribution in [2.24, 2.45) is 23.7 Å². The fourth-order valence-electron chi connectivity index (χ4n) is 5.76. The molecule has 5 atom stereocenters. The van der Waals surface area contributed by atoms with E-state index >= 15 is 0 Å². The topological polar surface area (TPSA) is 191 Å². The van der Waals surface area contributed by atoms with Gasteiger partial charge in [-0.15, -0.1) is 0 Å².